The van der Waals surface area contributed by atoms with Gasteiger partial charge in [0.2, 0.25) is 0 Å². The molecule has 0 saturated carbocycles. The molecule has 0 radical (unpaired) electrons. The van der Waals surface area contributed by atoms with Crippen LogP contribution in [0.5, 0.6) is 5.75 Å². The summed E-state index contributed by atoms with van der Waals surface area (Å²) >= 11 is 1.59. The first-order valence-electron chi connectivity index (χ1n) is 8.27. The summed E-state index contributed by atoms with van der Waals surface area (Å²) in [6.07, 6.45) is -0.577. The van der Waals surface area contributed by atoms with Crippen molar-refractivity contribution in [3.05, 3.63) is 52.2 Å². The average molecular weight is 365 g/mol. The molecular formula is C19H28O3SSi. The molecule has 132 valence electrons. The number of rotatable bonds is 7. The lowest BCUT2D eigenvalue weighted by atomic mass is 10.0. The van der Waals surface area contributed by atoms with Crippen molar-refractivity contribution in [3.63, 3.8) is 0 Å². The molecule has 1 heterocycles. The van der Waals surface area contributed by atoms with Crippen LogP contribution in [0.15, 0.2) is 41.1 Å². The van der Waals surface area contributed by atoms with Crippen molar-refractivity contribution < 1.29 is 14.3 Å². The highest BCUT2D eigenvalue weighted by Crippen LogP contribution is 2.36. The molecule has 2 rings (SSSR count). The first-order chi connectivity index (χ1) is 11.2. The standard InChI is InChI=1S/C19H28O3SSi/c1-19(2,3)24(4,5)22-12-11-21-17-8-6-15(7-9-17)18(20)16-10-13-23-14-16/h6-10,13-14,18,20H,11-12H2,1-5H3. The monoisotopic (exact) mass is 364 g/mol. The van der Waals surface area contributed by atoms with Crippen molar-refractivity contribution in [2.45, 2.75) is 45.0 Å². The minimum atomic E-state index is -1.71. The van der Waals surface area contributed by atoms with E-state index < -0.39 is 14.4 Å². The fourth-order valence-corrected chi connectivity index (χ4v) is 3.75. The predicted molar refractivity (Wildman–Crippen MR) is 103 cm³/mol. The second-order valence-corrected chi connectivity index (χ2v) is 13.1. The molecule has 1 unspecified atom stereocenters. The van der Waals surface area contributed by atoms with E-state index in [0.717, 1.165) is 16.9 Å². The van der Waals surface area contributed by atoms with Crippen molar-refractivity contribution in [2.75, 3.05) is 13.2 Å². The molecular weight excluding hydrogens is 336 g/mol. The Balaban J connectivity index is 1.82. The van der Waals surface area contributed by atoms with Crippen molar-refractivity contribution in [3.8, 4) is 5.75 Å². The molecule has 1 aromatic carbocycles. The highest BCUT2D eigenvalue weighted by molar-refractivity contribution is 7.08. The summed E-state index contributed by atoms with van der Waals surface area (Å²) < 4.78 is 11.9. The van der Waals surface area contributed by atoms with E-state index in [-0.39, 0.29) is 5.04 Å². The van der Waals surface area contributed by atoms with Crippen LogP contribution in [0.2, 0.25) is 18.1 Å². The Hall–Kier alpha value is -1.14. The largest absolute Gasteiger partial charge is 0.491 e. The quantitative estimate of drug-likeness (QED) is 0.540. The molecule has 0 fully saturated rings. The minimum Gasteiger partial charge on any atom is -0.491 e. The van der Waals surface area contributed by atoms with Gasteiger partial charge >= 0.3 is 0 Å². The Kier molecular flexibility index (Phi) is 6.26. The molecule has 1 atom stereocenters. The normalized spacial score (nSPS) is 13.8. The van der Waals surface area contributed by atoms with Gasteiger partial charge in [0.1, 0.15) is 18.5 Å². The lowest BCUT2D eigenvalue weighted by Crippen LogP contribution is -2.41. The van der Waals surface area contributed by atoms with Gasteiger partial charge in [-0.2, -0.15) is 11.3 Å². The molecule has 5 heteroatoms. The third kappa shape index (κ3) is 4.93. The Morgan fingerprint density at radius 3 is 2.25 bits per heavy atom. The van der Waals surface area contributed by atoms with Gasteiger partial charge in [-0.25, -0.2) is 0 Å². The van der Waals surface area contributed by atoms with Crippen LogP contribution in [0.4, 0.5) is 0 Å². The zero-order valence-corrected chi connectivity index (χ0v) is 17.0. The molecule has 1 N–H and O–H groups in total. The van der Waals surface area contributed by atoms with Crippen LogP contribution < -0.4 is 4.74 Å². The van der Waals surface area contributed by atoms with Gasteiger partial charge in [-0.1, -0.05) is 32.9 Å². The van der Waals surface area contributed by atoms with Gasteiger partial charge in [0, 0.05) is 0 Å². The number of thiophene rings is 1. The molecule has 24 heavy (non-hydrogen) atoms. The highest BCUT2D eigenvalue weighted by Gasteiger charge is 2.36. The number of ether oxygens (including phenoxy) is 1. The SMILES string of the molecule is CC(C)(C)[Si](C)(C)OCCOc1ccc(C(O)c2ccsc2)cc1. The number of aliphatic hydroxyl groups excluding tert-OH is 1. The molecule has 0 amide bonds. The van der Waals surface area contributed by atoms with Gasteiger partial charge in [-0.15, -0.1) is 0 Å². The van der Waals surface area contributed by atoms with Crippen molar-refractivity contribution in [1.29, 1.82) is 0 Å². The van der Waals surface area contributed by atoms with Crippen LogP contribution in [-0.2, 0) is 4.43 Å². The molecule has 0 bridgehead atoms. The Morgan fingerprint density at radius 1 is 1.04 bits per heavy atom. The van der Waals surface area contributed by atoms with Crippen LogP contribution in [0.25, 0.3) is 0 Å². The Bertz CT molecular complexity index is 615. The summed E-state index contributed by atoms with van der Waals surface area (Å²) in [6, 6.07) is 9.56. The summed E-state index contributed by atoms with van der Waals surface area (Å²) in [5.74, 6) is 0.801. The van der Waals surface area contributed by atoms with Crippen LogP contribution in [0.1, 0.15) is 38.0 Å². The van der Waals surface area contributed by atoms with Gasteiger partial charge in [0.05, 0.1) is 6.61 Å². The lowest BCUT2D eigenvalue weighted by molar-refractivity contribution is 0.203. The number of aliphatic hydroxyl groups is 1. The summed E-state index contributed by atoms with van der Waals surface area (Å²) in [6.45, 7) is 12.3. The van der Waals surface area contributed by atoms with E-state index in [1.165, 1.54) is 0 Å². The molecule has 3 nitrogen and oxygen atoms in total. The van der Waals surface area contributed by atoms with Gasteiger partial charge in [0.25, 0.3) is 0 Å². The van der Waals surface area contributed by atoms with Gasteiger partial charge in [-0.3, -0.25) is 0 Å². The maximum atomic E-state index is 10.3. The summed E-state index contributed by atoms with van der Waals surface area (Å²) in [7, 11) is -1.71. The predicted octanol–water partition coefficient (Wildman–Crippen LogP) is 5.23. The van der Waals surface area contributed by atoms with E-state index in [1.54, 1.807) is 11.3 Å². The lowest BCUT2D eigenvalue weighted by Gasteiger charge is -2.36. The van der Waals surface area contributed by atoms with Crippen molar-refractivity contribution in [1.82, 2.24) is 0 Å². The van der Waals surface area contributed by atoms with E-state index in [2.05, 4.69) is 33.9 Å². The second-order valence-electron chi connectivity index (χ2n) is 7.49. The summed E-state index contributed by atoms with van der Waals surface area (Å²) in [5, 5.41) is 14.5. The molecule has 0 aliphatic rings. The topological polar surface area (TPSA) is 38.7 Å². The summed E-state index contributed by atoms with van der Waals surface area (Å²) in [5.41, 5.74) is 1.80. The number of hydrogen-bond acceptors (Lipinski definition) is 4. The number of hydrogen-bond donors (Lipinski definition) is 1. The molecule has 0 aliphatic carbocycles. The maximum absolute atomic E-state index is 10.3. The maximum Gasteiger partial charge on any atom is 0.192 e. The first kappa shape index (κ1) is 19.2. The zero-order valence-electron chi connectivity index (χ0n) is 15.2. The first-order valence-corrected chi connectivity index (χ1v) is 12.1. The van der Waals surface area contributed by atoms with E-state index in [9.17, 15) is 5.11 Å². The second kappa shape index (κ2) is 7.83. The Morgan fingerprint density at radius 2 is 1.71 bits per heavy atom. The van der Waals surface area contributed by atoms with Crippen LogP contribution in [0, 0.1) is 0 Å². The van der Waals surface area contributed by atoms with E-state index in [4.69, 9.17) is 9.16 Å². The van der Waals surface area contributed by atoms with E-state index in [1.807, 2.05) is 41.1 Å². The highest BCUT2D eigenvalue weighted by atomic mass is 32.1. The van der Waals surface area contributed by atoms with Gasteiger partial charge < -0.3 is 14.3 Å². The summed E-state index contributed by atoms with van der Waals surface area (Å²) in [4.78, 5) is 0. The van der Waals surface area contributed by atoms with Crippen molar-refractivity contribution in [2.24, 2.45) is 0 Å². The van der Waals surface area contributed by atoms with Gasteiger partial charge in [-0.05, 0) is 58.2 Å². The fourth-order valence-electron chi connectivity index (χ4n) is 2.04. The van der Waals surface area contributed by atoms with Crippen LogP contribution in [-0.4, -0.2) is 26.6 Å². The van der Waals surface area contributed by atoms with Crippen LogP contribution >= 0.6 is 11.3 Å². The molecule has 2 aromatic rings. The smallest absolute Gasteiger partial charge is 0.192 e. The third-order valence-electron chi connectivity index (χ3n) is 4.68. The van der Waals surface area contributed by atoms with E-state index >= 15 is 0 Å². The molecule has 1 aromatic heterocycles. The fraction of sp³-hybridized carbons (Fsp3) is 0.474. The van der Waals surface area contributed by atoms with Crippen LogP contribution in [0.3, 0.4) is 0 Å². The third-order valence-corrected chi connectivity index (χ3v) is 9.92. The molecule has 0 spiro atoms. The van der Waals surface area contributed by atoms with E-state index in [0.29, 0.717) is 13.2 Å². The average Bonchev–Trinajstić information content (AvgIpc) is 3.05. The van der Waals surface area contributed by atoms with Crippen molar-refractivity contribution >= 4 is 19.7 Å². The minimum absolute atomic E-state index is 0.215. The zero-order chi connectivity index (χ0) is 17.8. The molecule has 0 aliphatic heterocycles. The van der Waals surface area contributed by atoms with Gasteiger partial charge in [0.15, 0.2) is 8.32 Å². The molecule has 0 saturated heterocycles. The Labute approximate surface area is 150 Å². The number of benzene rings is 1.